The highest BCUT2D eigenvalue weighted by Crippen LogP contribution is 2.25. The molecule has 0 spiro atoms. The second-order valence-corrected chi connectivity index (χ2v) is 5.24. The molecule has 0 aliphatic rings. The van der Waals surface area contributed by atoms with E-state index in [-0.39, 0.29) is 11.4 Å². The van der Waals surface area contributed by atoms with E-state index in [9.17, 15) is 4.39 Å². The lowest BCUT2D eigenvalue weighted by Gasteiger charge is -2.37. The van der Waals surface area contributed by atoms with Gasteiger partial charge in [-0.2, -0.15) is 0 Å². The molecule has 4 heteroatoms. The first-order valence-corrected chi connectivity index (χ1v) is 6.07. The molecule has 1 aromatic heterocycles. The van der Waals surface area contributed by atoms with Crippen LogP contribution in [0.25, 0.3) is 0 Å². The van der Waals surface area contributed by atoms with Crippen molar-refractivity contribution in [2.24, 2.45) is 0 Å². The maximum Gasteiger partial charge on any atom is 0.141 e. The normalized spacial score (nSPS) is 11.4. The predicted octanol–water partition coefficient (Wildman–Crippen LogP) is 2.73. The fourth-order valence-electron chi connectivity index (χ4n) is 1.84. The fourth-order valence-corrected chi connectivity index (χ4v) is 1.84. The van der Waals surface area contributed by atoms with Crippen molar-refractivity contribution in [2.45, 2.75) is 32.9 Å². The van der Waals surface area contributed by atoms with E-state index in [1.807, 2.05) is 13.1 Å². The van der Waals surface area contributed by atoms with Gasteiger partial charge in [-0.1, -0.05) is 6.08 Å². The maximum atomic E-state index is 13.3. The summed E-state index contributed by atoms with van der Waals surface area (Å²) < 4.78 is 13.3. The summed E-state index contributed by atoms with van der Waals surface area (Å²) >= 11 is 0. The van der Waals surface area contributed by atoms with Gasteiger partial charge in [-0.05, 0) is 33.9 Å². The van der Waals surface area contributed by atoms with Gasteiger partial charge in [0.25, 0.3) is 0 Å². The third kappa shape index (κ3) is 3.53. The molecule has 0 bridgehead atoms. The van der Waals surface area contributed by atoms with Crippen LogP contribution in [-0.4, -0.2) is 24.1 Å². The first-order chi connectivity index (χ1) is 8.40. The fraction of sp³-hybridized carbons (Fsp3) is 0.500. The van der Waals surface area contributed by atoms with E-state index in [2.05, 4.69) is 42.6 Å². The Bertz CT molecular complexity index is 410. The molecule has 1 aromatic rings. The number of hydrogen-bond acceptors (Lipinski definition) is 3. The van der Waals surface area contributed by atoms with E-state index < -0.39 is 0 Å². The van der Waals surface area contributed by atoms with Crippen LogP contribution in [-0.2, 0) is 6.54 Å². The highest BCUT2D eigenvalue weighted by atomic mass is 19.1. The minimum atomic E-state index is -0.309. The second kappa shape index (κ2) is 5.96. The van der Waals surface area contributed by atoms with Gasteiger partial charge in [0.2, 0.25) is 0 Å². The van der Waals surface area contributed by atoms with Crippen LogP contribution in [0.1, 0.15) is 26.3 Å². The van der Waals surface area contributed by atoms with Crippen LogP contribution in [0, 0.1) is 5.82 Å². The van der Waals surface area contributed by atoms with E-state index in [4.69, 9.17) is 0 Å². The third-order valence-electron chi connectivity index (χ3n) is 2.65. The standard InChI is InChI=1S/C14H22FN3/c1-6-7-18(14(2,3)4)13-11(9-16-5)8-12(15)10-17-13/h6,8,10,16H,1,7,9H2,2-5H3. The molecule has 3 nitrogen and oxygen atoms in total. The first kappa shape index (κ1) is 14.6. The molecule has 18 heavy (non-hydrogen) atoms. The first-order valence-electron chi connectivity index (χ1n) is 6.07. The van der Waals surface area contributed by atoms with Gasteiger partial charge in [-0.25, -0.2) is 9.37 Å². The molecule has 0 saturated carbocycles. The number of pyridine rings is 1. The number of anilines is 1. The van der Waals surface area contributed by atoms with E-state index in [1.165, 1.54) is 12.3 Å². The van der Waals surface area contributed by atoms with Crippen LogP contribution in [0.3, 0.4) is 0 Å². The van der Waals surface area contributed by atoms with E-state index in [0.29, 0.717) is 13.1 Å². The van der Waals surface area contributed by atoms with Crippen LogP contribution in [0.15, 0.2) is 24.9 Å². The van der Waals surface area contributed by atoms with Gasteiger partial charge in [0.05, 0.1) is 6.20 Å². The lowest BCUT2D eigenvalue weighted by Crippen LogP contribution is -2.43. The molecule has 1 N–H and O–H groups in total. The number of rotatable bonds is 5. The van der Waals surface area contributed by atoms with Crippen LogP contribution in [0.4, 0.5) is 10.2 Å². The molecule has 0 saturated heterocycles. The van der Waals surface area contributed by atoms with Crippen molar-refractivity contribution in [3.63, 3.8) is 0 Å². The molecule has 0 fully saturated rings. The van der Waals surface area contributed by atoms with E-state index >= 15 is 0 Å². The van der Waals surface area contributed by atoms with Crippen molar-refractivity contribution in [2.75, 3.05) is 18.5 Å². The average molecular weight is 251 g/mol. The zero-order chi connectivity index (χ0) is 13.8. The molecule has 100 valence electrons. The van der Waals surface area contributed by atoms with Gasteiger partial charge in [0.1, 0.15) is 11.6 Å². The molecular formula is C14H22FN3. The van der Waals surface area contributed by atoms with Crippen LogP contribution >= 0.6 is 0 Å². The zero-order valence-corrected chi connectivity index (χ0v) is 11.6. The van der Waals surface area contributed by atoms with Gasteiger partial charge in [-0.3, -0.25) is 0 Å². The Hall–Kier alpha value is -1.42. The monoisotopic (exact) mass is 251 g/mol. The highest BCUT2D eigenvalue weighted by Gasteiger charge is 2.24. The molecule has 0 amide bonds. The van der Waals surface area contributed by atoms with Crippen molar-refractivity contribution >= 4 is 5.82 Å². The predicted molar refractivity (Wildman–Crippen MR) is 74.3 cm³/mol. The molecular weight excluding hydrogens is 229 g/mol. The van der Waals surface area contributed by atoms with Gasteiger partial charge in [-0.15, -0.1) is 6.58 Å². The minimum Gasteiger partial charge on any atom is -0.348 e. The third-order valence-corrected chi connectivity index (χ3v) is 2.65. The quantitative estimate of drug-likeness (QED) is 0.816. The second-order valence-electron chi connectivity index (χ2n) is 5.24. The molecule has 0 radical (unpaired) electrons. The lowest BCUT2D eigenvalue weighted by molar-refractivity contribution is 0.512. The van der Waals surface area contributed by atoms with Gasteiger partial charge < -0.3 is 10.2 Å². The molecule has 1 heterocycles. The SMILES string of the molecule is C=CCN(c1ncc(F)cc1CNC)C(C)(C)C. The molecule has 0 aromatic carbocycles. The zero-order valence-electron chi connectivity index (χ0n) is 11.6. The Morgan fingerprint density at radius 1 is 1.50 bits per heavy atom. The minimum absolute atomic E-state index is 0.0957. The van der Waals surface area contributed by atoms with Gasteiger partial charge in [0.15, 0.2) is 0 Å². The number of halogens is 1. The Balaban J connectivity index is 3.22. The van der Waals surface area contributed by atoms with Crippen molar-refractivity contribution in [3.05, 3.63) is 36.3 Å². The Morgan fingerprint density at radius 3 is 2.67 bits per heavy atom. The molecule has 0 aliphatic carbocycles. The maximum absolute atomic E-state index is 13.3. The summed E-state index contributed by atoms with van der Waals surface area (Å²) in [5, 5.41) is 3.04. The summed E-state index contributed by atoms with van der Waals surface area (Å²) in [6, 6.07) is 1.53. The van der Waals surface area contributed by atoms with Gasteiger partial charge in [0, 0.05) is 24.2 Å². The molecule has 0 aliphatic heterocycles. The molecule has 0 unspecified atom stereocenters. The summed E-state index contributed by atoms with van der Waals surface area (Å²) in [5.74, 6) is 0.495. The summed E-state index contributed by atoms with van der Waals surface area (Å²) in [6.45, 7) is 11.3. The summed E-state index contributed by atoms with van der Waals surface area (Å²) in [6.07, 6.45) is 3.09. The number of nitrogens with zero attached hydrogens (tertiary/aromatic N) is 2. The molecule has 0 atom stereocenters. The average Bonchev–Trinajstić information content (AvgIpc) is 2.26. The smallest absolute Gasteiger partial charge is 0.141 e. The lowest BCUT2D eigenvalue weighted by atomic mass is 10.0. The van der Waals surface area contributed by atoms with Crippen LogP contribution in [0.2, 0.25) is 0 Å². The summed E-state index contributed by atoms with van der Waals surface area (Å²) in [5.41, 5.74) is 0.760. The van der Waals surface area contributed by atoms with Crippen LogP contribution < -0.4 is 10.2 Å². The Labute approximate surface area is 109 Å². The van der Waals surface area contributed by atoms with Crippen molar-refractivity contribution < 1.29 is 4.39 Å². The highest BCUT2D eigenvalue weighted by molar-refractivity contribution is 5.49. The molecule has 1 rings (SSSR count). The summed E-state index contributed by atoms with van der Waals surface area (Å²) in [7, 11) is 1.84. The Morgan fingerprint density at radius 2 is 2.17 bits per heavy atom. The number of hydrogen-bond donors (Lipinski definition) is 1. The van der Waals surface area contributed by atoms with E-state index in [1.54, 1.807) is 0 Å². The number of nitrogens with one attached hydrogen (secondary N) is 1. The largest absolute Gasteiger partial charge is 0.348 e. The number of aromatic nitrogens is 1. The van der Waals surface area contributed by atoms with Crippen molar-refractivity contribution in [3.8, 4) is 0 Å². The summed E-state index contributed by atoms with van der Waals surface area (Å²) in [4.78, 5) is 6.36. The van der Waals surface area contributed by atoms with Crippen LogP contribution in [0.5, 0.6) is 0 Å². The van der Waals surface area contributed by atoms with Crippen molar-refractivity contribution in [1.29, 1.82) is 0 Å². The Kier molecular flexibility index (Phi) is 4.84. The topological polar surface area (TPSA) is 28.2 Å². The van der Waals surface area contributed by atoms with Crippen molar-refractivity contribution in [1.82, 2.24) is 10.3 Å². The van der Waals surface area contributed by atoms with E-state index in [0.717, 1.165) is 11.4 Å². The van der Waals surface area contributed by atoms with Gasteiger partial charge >= 0.3 is 0 Å².